The van der Waals surface area contributed by atoms with Crippen molar-refractivity contribution in [2.24, 2.45) is 23.7 Å². The first-order valence-corrected chi connectivity index (χ1v) is 8.21. The molecule has 1 saturated heterocycles. The number of fused-ring (bicyclic) bond motifs is 1. The Balaban J connectivity index is 1.66. The molecular formula is C16H29NO. The van der Waals surface area contributed by atoms with Gasteiger partial charge >= 0.3 is 0 Å². The molecule has 104 valence electrons. The molecular weight excluding hydrogens is 222 g/mol. The van der Waals surface area contributed by atoms with E-state index in [9.17, 15) is 5.11 Å². The Morgan fingerprint density at radius 3 is 2.83 bits per heavy atom. The third-order valence-corrected chi connectivity index (χ3v) is 5.92. The van der Waals surface area contributed by atoms with Crippen molar-refractivity contribution >= 4 is 0 Å². The van der Waals surface area contributed by atoms with Gasteiger partial charge in [0.25, 0.3) is 0 Å². The number of aliphatic hydroxyl groups excluding tert-OH is 1. The summed E-state index contributed by atoms with van der Waals surface area (Å²) in [5.74, 6) is 3.23. The third-order valence-electron chi connectivity index (χ3n) is 5.92. The zero-order chi connectivity index (χ0) is 12.5. The maximum absolute atomic E-state index is 10.4. The van der Waals surface area contributed by atoms with Crippen LogP contribution in [0.3, 0.4) is 0 Å². The number of hydrogen-bond acceptors (Lipinski definition) is 2. The van der Waals surface area contributed by atoms with Crippen LogP contribution in [0, 0.1) is 23.7 Å². The predicted octanol–water partition coefficient (Wildman–Crippen LogP) is 2.95. The Kier molecular flexibility index (Phi) is 3.95. The van der Waals surface area contributed by atoms with Crippen molar-refractivity contribution in [3.8, 4) is 0 Å². The average molecular weight is 251 g/mol. The van der Waals surface area contributed by atoms with Crippen molar-refractivity contribution in [2.45, 2.75) is 70.4 Å². The molecule has 2 nitrogen and oxygen atoms in total. The molecule has 3 rings (SSSR count). The van der Waals surface area contributed by atoms with Gasteiger partial charge in [0.2, 0.25) is 0 Å². The van der Waals surface area contributed by atoms with E-state index in [1.165, 1.54) is 51.5 Å². The number of aliphatic hydroxyl groups is 1. The van der Waals surface area contributed by atoms with Crippen LogP contribution < -0.4 is 5.32 Å². The molecule has 2 saturated carbocycles. The minimum Gasteiger partial charge on any atom is -0.393 e. The topological polar surface area (TPSA) is 32.3 Å². The molecule has 0 aromatic carbocycles. The Labute approximate surface area is 112 Å². The first-order chi connectivity index (χ1) is 8.79. The maximum atomic E-state index is 10.4. The van der Waals surface area contributed by atoms with Crippen molar-refractivity contribution in [3.63, 3.8) is 0 Å². The fourth-order valence-corrected chi connectivity index (χ4v) is 5.04. The average Bonchev–Trinajstić information content (AvgIpc) is 2.94. The minimum absolute atomic E-state index is 0.0324. The van der Waals surface area contributed by atoms with E-state index in [-0.39, 0.29) is 6.10 Å². The van der Waals surface area contributed by atoms with Crippen molar-refractivity contribution < 1.29 is 5.11 Å². The zero-order valence-corrected chi connectivity index (χ0v) is 11.8. The first kappa shape index (κ1) is 12.9. The van der Waals surface area contributed by atoms with Crippen molar-refractivity contribution in [2.75, 3.05) is 6.54 Å². The lowest BCUT2D eigenvalue weighted by molar-refractivity contribution is 0.0202. The monoisotopic (exact) mass is 251 g/mol. The van der Waals surface area contributed by atoms with Gasteiger partial charge in [-0.05, 0) is 56.4 Å². The molecule has 2 heteroatoms. The molecule has 6 unspecified atom stereocenters. The fraction of sp³-hybridized carbons (Fsp3) is 1.00. The van der Waals surface area contributed by atoms with Gasteiger partial charge in [-0.15, -0.1) is 0 Å². The number of hydrogen-bond donors (Lipinski definition) is 2. The van der Waals surface area contributed by atoms with Gasteiger partial charge in [0.05, 0.1) is 6.10 Å². The second-order valence-electron chi connectivity index (χ2n) is 6.99. The summed E-state index contributed by atoms with van der Waals surface area (Å²) < 4.78 is 0. The van der Waals surface area contributed by atoms with Gasteiger partial charge < -0.3 is 10.4 Å². The van der Waals surface area contributed by atoms with Crippen LogP contribution in [0.5, 0.6) is 0 Å². The molecule has 0 aromatic heterocycles. The van der Waals surface area contributed by atoms with E-state index >= 15 is 0 Å². The highest BCUT2D eigenvalue weighted by Crippen LogP contribution is 2.44. The molecule has 1 aliphatic heterocycles. The number of nitrogens with one attached hydrogen (secondary N) is 1. The van der Waals surface area contributed by atoms with Crippen molar-refractivity contribution in [3.05, 3.63) is 0 Å². The molecule has 0 radical (unpaired) electrons. The third kappa shape index (κ3) is 2.34. The normalized spacial score (nSPS) is 48.3. The van der Waals surface area contributed by atoms with Gasteiger partial charge in [-0.1, -0.05) is 26.2 Å². The maximum Gasteiger partial charge on any atom is 0.0583 e. The number of rotatable bonds is 3. The first-order valence-electron chi connectivity index (χ1n) is 8.21. The van der Waals surface area contributed by atoms with Gasteiger partial charge in [-0.2, -0.15) is 0 Å². The molecule has 0 amide bonds. The standard InChI is InChI=1S/C16H29NO/c1-2-4-11-7-8-15(18)14(9-11)16-13-6-3-5-12(13)10-17-16/h11-18H,2-10H2,1H3. The van der Waals surface area contributed by atoms with Crippen LogP contribution in [-0.4, -0.2) is 23.8 Å². The van der Waals surface area contributed by atoms with Crippen molar-refractivity contribution in [1.82, 2.24) is 5.32 Å². The summed E-state index contributed by atoms with van der Waals surface area (Å²) in [6.45, 7) is 3.51. The molecule has 3 fully saturated rings. The summed E-state index contributed by atoms with van der Waals surface area (Å²) >= 11 is 0. The zero-order valence-electron chi connectivity index (χ0n) is 11.8. The predicted molar refractivity (Wildman–Crippen MR) is 74.4 cm³/mol. The molecule has 0 aromatic rings. The molecule has 3 aliphatic rings. The van der Waals surface area contributed by atoms with E-state index in [2.05, 4.69) is 12.2 Å². The van der Waals surface area contributed by atoms with E-state index in [1.54, 1.807) is 0 Å². The Hall–Kier alpha value is -0.0800. The highest BCUT2D eigenvalue weighted by molar-refractivity contribution is 5.00. The van der Waals surface area contributed by atoms with Gasteiger partial charge in [-0.25, -0.2) is 0 Å². The Bertz CT molecular complexity index is 280. The Morgan fingerprint density at radius 1 is 1.11 bits per heavy atom. The quantitative estimate of drug-likeness (QED) is 0.808. The smallest absolute Gasteiger partial charge is 0.0583 e. The summed E-state index contributed by atoms with van der Waals surface area (Å²) in [5, 5.41) is 14.2. The SMILES string of the molecule is CCCC1CCC(O)C(C2NCC3CCCC32)C1. The van der Waals surface area contributed by atoms with E-state index in [0.29, 0.717) is 12.0 Å². The molecule has 18 heavy (non-hydrogen) atoms. The highest BCUT2D eigenvalue weighted by atomic mass is 16.3. The van der Waals surface area contributed by atoms with E-state index < -0.39 is 0 Å². The van der Waals surface area contributed by atoms with Crippen LogP contribution in [0.2, 0.25) is 0 Å². The largest absolute Gasteiger partial charge is 0.393 e. The summed E-state index contributed by atoms with van der Waals surface area (Å²) in [6, 6.07) is 0.632. The lowest BCUT2D eigenvalue weighted by Crippen LogP contribution is -2.44. The highest BCUT2D eigenvalue weighted by Gasteiger charge is 2.45. The summed E-state index contributed by atoms with van der Waals surface area (Å²) in [4.78, 5) is 0. The van der Waals surface area contributed by atoms with Crippen molar-refractivity contribution in [1.29, 1.82) is 0 Å². The molecule has 2 N–H and O–H groups in total. The summed E-state index contributed by atoms with van der Waals surface area (Å²) in [6.07, 6.45) is 10.5. The second-order valence-corrected chi connectivity index (χ2v) is 6.99. The molecule has 2 aliphatic carbocycles. The lowest BCUT2D eigenvalue weighted by atomic mass is 9.71. The summed E-state index contributed by atoms with van der Waals surface area (Å²) in [7, 11) is 0. The lowest BCUT2D eigenvalue weighted by Gasteiger charge is -2.39. The second kappa shape index (κ2) is 5.50. The molecule has 0 bridgehead atoms. The van der Waals surface area contributed by atoms with E-state index in [1.807, 2.05) is 0 Å². The fourth-order valence-electron chi connectivity index (χ4n) is 5.04. The van der Waals surface area contributed by atoms with Crippen LogP contribution in [-0.2, 0) is 0 Å². The van der Waals surface area contributed by atoms with Gasteiger partial charge in [0.1, 0.15) is 0 Å². The summed E-state index contributed by atoms with van der Waals surface area (Å²) in [5.41, 5.74) is 0. The van der Waals surface area contributed by atoms with Crippen LogP contribution in [0.4, 0.5) is 0 Å². The molecule has 0 spiro atoms. The van der Waals surface area contributed by atoms with Crippen LogP contribution in [0.15, 0.2) is 0 Å². The van der Waals surface area contributed by atoms with Crippen LogP contribution in [0.1, 0.15) is 58.3 Å². The van der Waals surface area contributed by atoms with Crippen LogP contribution >= 0.6 is 0 Å². The Morgan fingerprint density at radius 2 is 2.00 bits per heavy atom. The van der Waals surface area contributed by atoms with E-state index in [4.69, 9.17) is 0 Å². The van der Waals surface area contributed by atoms with Gasteiger partial charge in [0, 0.05) is 12.0 Å². The molecule has 1 heterocycles. The van der Waals surface area contributed by atoms with Crippen LogP contribution in [0.25, 0.3) is 0 Å². The van der Waals surface area contributed by atoms with E-state index in [0.717, 1.165) is 24.2 Å². The van der Waals surface area contributed by atoms with Gasteiger partial charge in [-0.3, -0.25) is 0 Å². The van der Waals surface area contributed by atoms with Gasteiger partial charge in [0.15, 0.2) is 0 Å². The minimum atomic E-state index is -0.0324. The molecule has 6 atom stereocenters.